The van der Waals surface area contributed by atoms with Gasteiger partial charge in [-0.15, -0.1) is 0 Å². The summed E-state index contributed by atoms with van der Waals surface area (Å²) in [6.07, 6.45) is -2.84. The van der Waals surface area contributed by atoms with Crippen LogP contribution in [-0.4, -0.2) is 40.6 Å². The molecule has 10 nitrogen and oxygen atoms in total. The molecular formula is C32H28O10. The van der Waals surface area contributed by atoms with Gasteiger partial charge in [-0.25, -0.2) is 4.79 Å². The topological polar surface area (TPSA) is 144 Å². The molecule has 4 aromatic carbocycles. The molecule has 0 fully saturated rings. The Morgan fingerprint density at radius 1 is 0.714 bits per heavy atom. The first-order valence-corrected chi connectivity index (χ1v) is 13.1. The van der Waals surface area contributed by atoms with Gasteiger partial charge in [-0.1, -0.05) is 0 Å². The lowest BCUT2D eigenvalue weighted by Crippen LogP contribution is -2.21. The second-order valence-electron chi connectivity index (χ2n) is 10.3. The highest BCUT2D eigenvalue weighted by molar-refractivity contribution is 5.96. The van der Waals surface area contributed by atoms with Crippen LogP contribution >= 0.6 is 0 Å². The number of rotatable bonds is 3. The molecule has 42 heavy (non-hydrogen) atoms. The van der Waals surface area contributed by atoms with E-state index >= 15 is 0 Å². The van der Waals surface area contributed by atoms with Crippen molar-refractivity contribution in [1.29, 1.82) is 0 Å². The molecule has 2 heterocycles. The maximum absolute atomic E-state index is 13.7. The number of aliphatic hydroxyl groups excluding tert-OH is 1. The molecule has 0 saturated heterocycles. The summed E-state index contributed by atoms with van der Waals surface area (Å²) in [5.74, 6) is -0.500. The summed E-state index contributed by atoms with van der Waals surface area (Å²) < 4.78 is 29.0. The number of aromatic hydroxyl groups is 3. The molecule has 6 rings (SSSR count). The average Bonchev–Trinajstić information content (AvgIpc) is 2.98. The molecule has 4 aromatic rings. The number of phenols is 3. The first kappa shape index (κ1) is 27.1. The molecular weight excluding hydrogens is 544 g/mol. The van der Waals surface area contributed by atoms with Crippen LogP contribution in [0.4, 0.5) is 0 Å². The molecule has 0 spiro atoms. The number of aryl methyl sites for hydroxylation is 2. The Morgan fingerprint density at radius 2 is 1.33 bits per heavy atom. The normalized spacial score (nSPS) is 17.0. The van der Waals surface area contributed by atoms with Crippen LogP contribution in [0.5, 0.6) is 51.7 Å². The van der Waals surface area contributed by atoms with E-state index in [1.807, 2.05) is 6.92 Å². The van der Waals surface area contributed by atoms with Gasteiger partial charge in [-0.3, -0.25) is 0 Å². The predicted octanol–water partition coefficient (Wildman–Crippen LogP) is 5.87. The van der Waals surface area contributed by atoms with Crippen molar-refractivity contribution in [2.75, 3.05) is 14.2 Å². The van der Waals surface area contributed by atoms with Crippen molar-refractivity contribution >= 4 is 5.97 Å². The number of methoxy groups -OCH3 is 2. The Bertz CT molecular complexity index is 1760. The van der Waals surface area contributed by atoms with Gasteiger partial charge in [0.2, 0.25) is 0 Å². The fourth-order valence-corrected chi connectivity index (χ4v) is 5.44. The van der Waals surface area contributed by atoms with Gasteiger partial charge in [-0.2, -0.15) is 0 Å². The highest BCUT2D eigenvalue weighted by Gasteiger charge is 2.38. The fraction of sp³-hybridized carbons (Fsp3) is 0.219. The van der Waals surface area contributed by atoms with Crippen molar-refractivity contribution in [3.63, 3.8) is 0 Å². The summed E-state index contributed by atoms with van der Waals surface area (Å²) in [6, 6.07) is 12.4. The van der Waals surface area contributed by atoms with Gasteiger partial charge in [-0.05, 0) is 61.4 Å². The van der Waals surface area contributed by atoms with Crippen LogP contribution in [0.3, 0.4) is 0 Å². The Hall–Kier alpha value is -5.09. The van der Waals surface area contributed by atoms with E-state index in [9.17, 15) is 25.2 Å². The molecule has 2 aliphatic heterocycles. The quantitative estimate of drug-likeness (QED) is 0.194. The Balaban J connectivity index is 1.60. The minimum absolute atomic E-state index is 0.0343. The lowest BCUT2D eigenvalue weighted by atomic mass is 9.88. The van der Waals surface area contributed by atoms with Crippen molar-refractivity contribution in [2.45, 2.75) is 32.5 Å². The standard InChI is InChI=1S/C32H28O10/c1-14-5-22(33)20-13-18-19(9-17(39-4)12-26(18)40-25(20)7-14)31-29(36)21-10-16(38-3)11-24(35)30(21)41-27-8-15(2)6-23(34)28(27)32(37)42-31/h5-12,29,31,33-36H,13H2,1-4H3/t29-,31+/m1/s1. The number of aliphatic hydroxyl groups is 1. The van der Waals surface area contributed by atoms with Crippen LogP contribution in [0, 0.1) is 13.8 Å². The third-order valence-electron chi connectivity index (χ3n) is 7.45. The van der Waals surface area contributed by atoms with E-state index in [-0.39, 0.29) is 46.3 Å². The van der Waals surface area contributed by atoms with Crippen LogP contribution < -0.4 is 18.9 Å². The molecule has 0 aromatic heterocycles. The number of fused-ring (bicyclic) bond motifs is 4. The minimum Gasteiger partial charge on any atom is -0.508 e. The molecule has 2 atom stereocenters. The number of esters is 1. The molecule has 0 unspecified atom stereocenters. The summed E-state index contributed by atoms with van der Waals surface area (Å²) in [4.78, 5) is 13.7. The molecule has 0 aliphatic carbocycles. The number of cyclic esters (lactones) is 1. The van der Waals surface area contributed by atoms with Crippen LogP contribution in [0.15, 0.2) is 48.5 Å². The average molecular weight is 573 g/mol. The SMILES string of the molecule is COc1cc(O)c2c(c1)[C@@H](O)[C@H](c1cc(OC)cc3c1Cc1c(O)cc(C)cc1O3)OC(=O)c1c(O)cc(C)cc1O2. The van der Waals surface area contributed by atoms with Crippen molar-refractivity contribution in [1.82, 2.24) is 0 Å². The number of benzene rings is 4. The number of hydrogen-bond acceptors (Lipinski definition) is 10. The van der Waals surface area contributed by atoms with E-state index in [1.165, 1.54) is 38.5 Å². The van der Waals surface area contributed by atoms with E-state index in [1.54, 1.807) is 31.2 Å². The monoisotopic (exact) mass is 572 g/mol. The smallest absolute Gasteiger partial charge is 0.346 e. The third-order valence-corrected chi connectivity index (χ3v) is 7.45. The number of hydrogen-bond donors (Lipinski definition) is 4. The molecule has 2 aliphatic rings. The third kappa shape index (κ3) is 4.46. The van der Waals surface area contributed by atoms with Crippen molar-refractivity contribution in [2.24, 2.45) is 0 Å². The highest BCUT2D eigenvalue weighted by Crippen LogP contribution is 2.52. The summed E-state index contributed by atoms with van der Waals surface area (Å²) in [7, 11) is 2.87. The lowest BCUT2D eigenvalue weighted by Gasteiger charge is -2.30. The van der Waals surface area contributed by atoms with Gasteiger partial charge in [0.15, 0.2) is 17.6 Å². The number of phenolic OH excluding ortho intramolecular Hbond substituents is 3. The molecule has 0 bridgehead atoms. The summed E-state index contributed by atoms with van der Waals surface area (Å²) >= 11 is 0. The van der Waals surface area contributed by atoms with E-state index in [4.69, 9.17) is 23.7 Å². The highest BCUT2D eigenvalue weighted by atomic mass is 16.6. The summed E-state index contributed by atoms with van der Waals surface area (Å²) in [5.41, 5.74) is 2.53. The van der Waals surface area contributed by atoms with Crippen molar-refractivity contribution < 1.29 is 48.9 Å². The predicted molar refractivity (Wildman–Crippen MR) is 149 cm³/mol. The van der Waals surface area contributed by atoms with Crippen LogP contribution in [0.1, 0.15) is 55.9 Å². The van der Waals surface area contributed by atoms with Gasteiger partial charge >= 0.3 is 5.97 Å². The van der Waals surface area contributed by atoms with Crippen LogP contribution in [-0.2, 0) is 11.2 Å². The van der Waals surface area contributed by atoms with Gasteiger partial charge in [0.25, 0.3) is 0 Å². The fourth-order valence-electron chi connectivity index (χ4n) is 5.44. The number of ether oxygens (including phenoxy) is 5. The van der Waals surface area contributed by atoms with Gasteiger partial charge in [0.1, 0.15) is 51.9 Å². The Morgan fingerprint density at radius 3 is 2.05 bits per heavy atom. The molecule has 216 valence electrons. The first-order valence-electron chi connectivity index (χ1n) is 13.1. The molecule has 10 heteroatoms. The van der Waals surface area contributed by atoms with Crippen molar-refractivity contribution in [3.8, 4) is 51.7 Å². The van der Waals surface area contributed by atoms with E-state index in [0.717, 1.165) is 5.56 Å². The van der Waals surface area contributed by atoms with Crippen molar-refractivity contribution in [3.05, 3.63) is 87.5 Å². The Kier molecular flexibility index (Phi) is 6.50. The van der Waals surface area contributed by atoms with E-state index < -0.39 is 23.9 Å². The van der Waals surface area contributed by atoms with Gasteiger partial charge in [0.05, 0.1) is 14.2 Å². The first-order chi connectivity index (χ1) is 20.1. The largest absolute Gasteiger partial charge is 0.508 e. The van der Waals surface area contributed by atoms with Crippen LogP contribution in [0.25, 0.3) is 0 Å². The maximum atomic E-state index is 13.7. The second kappa shape index (κ2) is 10.1. The van der Waals surface area contributed by atoms with Gasteiger partial charge < -0.3 is 44.1 Å². The second-order valence-corrected chi connectivity index (χ2v) is 10.3. The molecule has 0 amide bonds. The zero-order chi connectivity index (χ0) is 29.9. The summed E-state index contributed by atoms with van der Waals surface area (Å²) in [5, 5.41) is 44.4. The lowest BCUT2D eigenvalue weighted by molar-refractivity contribution is -0.0214. The van der Waals surface area contributed by atoms with Crippen LogP contribution in [0.2, 0.25) is 0 Å². The summed E-state index contributed by atoms with van der Waals surface area (Å²) in [6.45, 7) is 3.53. The number of carbonyl (C=O) groups is 1. The maximum Gasteiger partial charge on any atom is 0.346 e. The minimum atomic E-state index is -1.60. The molecule has 0 radical (unpaired) electrons. The van der Waals surface area contributed by atoms with E-state index in [2.05, 4.69) is 0 Å². The zero-order valence-electron chi connectivity index (χ0n) is 23.2. The molecule has 4 N–H and O–H groups in total. The zero-order valence-corrected chi connectivity index (χ0v) is 23.2. The number of carbonyl (C=O) groups excluding carboxylic acids is 1. The Labute approximate surface area is 240 Å². The van der Waals surface area contributed by atoms with E-state index in [0.29, 0.717) is 39.5 Å². The molecule has 0 saturated carbocycles. The van der Waals surface area contributed by atoms with Gasteiger partial charge in [0, 0.05) is 40.8 Å².